The number of rotatable bonds is 5. The summed E-state index contributed by atoms with van der Waals surface area (Å²) in [6, 6.07) is 2.08. The molecule has 0 spiro atoms. The van der Waals surface area contributed by atoms with E-state index in [9.17, 15) is 14.7 Å². The molecule has 0 unspecified atom stereocenters. The Bertz CT molecular complexity index is 986. The number of aliphatic carboxylic acids is 2. The van der Waals surface area contributed by atoms with Crippen LogP contribution in [0.2, 0.25) is 0 Å². The summed E-state index contributed by atoms with van der Waals surface area (Å²) in [7, 11) is 0. The predicted molar refractivity (Wildman–Crippen MR) is 260 cm³/mol. The molecule has 6 fully saturated rings. The molecule has 14 nitrogen and oxygen atoms in total. The van der Waals surface area contributed by atoms with E-state index in [4.69, 9.17) is 59.5 Å². The SMILES string of the molecule is CC.CC.CC.CC.CC.CC.N#CC1(O)CCCC1.NC1(C(=O)O)CCCC1.NC1(CO)CCCC1.NCC1(O)CCCC1.N[C@@H]1CCC[C@H]1C(=O)O.N[C@@H]1CCC[C@H]1CO. The second-order valence-electron chi connectivity index (χ2n) is 15.5. The lowest BCUT2D eigenvalue weighted by Crippen LogP contribution is -2.44. The van der Waals surface area contributed by atoms with Gasteiger partial charge in [0.15, 0.2) is 5.60 Å². The molecule has 0 amide bonds. The van der Waals surface area contributed by atoms with Crippen LogP contribution in [0.4, 0.5) is 0 Å². The fourth-order valence-electron chi connectivity index (χ4n) is 7.35. The Kier molecular flexibility index (Phi) is 52.8. The van der Waals surface area contributed by atoms with Gasteiger partial charge in [-0.3, -0.25) is 9.59 Å². The maximum Gasteiger partial charge on any atom is 0.323 e. The molecule has 6 saturated carbocycles. The van der Waals surface area contributed by atoms with Gasteiger partial charge in [0.05, 0.1) is 24.2 Å². The highest BCUT2D eigenvalue weighted by molar-refractivity contribution is 5.78. The van der Waals surface area contributed by atoms with E-state index in [1.807, 2.05) is 89.2 Å². The average molecular weight is 895 g/mol. The largest absolute Gasteiger partial charge is 0.481 e. The number of aliphatic hydroxyl groups excluding tert-OH is 2. The van der Waals surface area contributed by atoms with Crippen molar-refractivity contribution in [1.29, 1.82) is 5.26 Å². The summed E-state index contributed by atoms with van der Waals surface area (Å²) >= 11 is 0. The molecule has 0 heterocycles. The lowest BCUT2D eigenvalue weighted by atomic mass is 10.0. The third kappa shape index (κ3) is 33.6. The van der Waals surface area contributed by atoms with Crippen molar-refractivity contribution >= 4 is 11.9 Å². The average Bonchev–Trinajstić information content (AvgIpc) is 4.20. The molecule has 6 aliphatic rings. The minimum atomic E-state index is -0.958. The normalized spacial score (nSPS) is 24.1. The Morgan fingerprint density at radius 3 is 1.15 bits per heavy atom. The highest BCUT2D eigenvalue weighted by Gasteiger charge is 2.37. The third-order valence-electron chi connectivity index (χ3n) is 11.2. The Balaban J connectivity index is -0.000000145. The van der Waals surface area contributed by atoms with Crippen LogP contribution in [0.25, 0.3) is 0 Å². The first-order valence-electron chi connectivity index (χ1n) is 24.8. The van der Waals surface area contributed by atoms with Gasteiger partial charge in [-0.15, -0.1) is 0 Å². The van der Waals surface area contributed by atoms with Gasteiger partial charge in [-0.1, -0.05) is 134 Å². The van der Waals surface area contributed by atoms with Crippen molar-refractivity contribution < 1.29 is 40.2 Å². The van der Waals surface area contributed by atoms with Gasteiger partial charge in [-0.05, 0) is 95.8 Å². The van der Waals surface area contributed by atoms with Gasteiger partial charge in [0.2, 0.25) is 0 Å². The molecule has 0 aliphatic heterocycles. The van der Waals surface area contributed by atoms with Gasteiger partial charge in [0.1, 0.15) is 5.54 Å². The lowest BCUT2D eigenvalue weighted by Gasteiger charge is -2.18. The van der Waals surface area contributed by atoms with Crippen LogP contribution in [0.15, 0.2) is 0 Å². The van der Waals surface area contributed by atoms with Gasteiger partial charge in [0.25, 0.3) is 0 Å². The van der Waals surface area contributed by atoms with Gasteiger partial charge in [-0.25, -0.2) is 0 Å². The van der Waals surface area contributed by atoms with Crippen molar-refractivity contribution in [1.82, 2.24) is 0 Å². The number of hydrogen-bond donors (Lipinski definition) is 11. The van der Waals surface area contributed by atoms with E-state index in [1.165, 1.54) is 19.3 Å². The van der Waals surface area contributed by atoms with E-state index in [2.05, 4.69) is 0 Å². The van der Waals surface area contributed by atoms with Crippen LogP contribution in [0, 0.1) is 23.2 Å². The first kappa shape index (κ1) is 71.7. The highest BCUT2D eigenvalue weighted by atomic mass is 16.4. The van der Waals surface area contributed by atoms with E-state index in [0.29, 0.717) is 38.1 Å². The monoisotopic (exact) mass is 895 g/mol. The van der Waals surface area contributed by atoms with Gasteiger partial charge in [-0.2, -0.15) is 5.26 Å². The van der Waals surface area contributed by atoms with Crippen LogP contribution in [-0.4, -0.2) is 96.7 Å². The van der Waals surface area contributed by atoms with Crippen molar-refractivity contribution in [2.24, 2.45) is 40.5 Å². The molecular formula is C48H106N6O8. The van der Waals surface area contributed by atoms with E-state index in [-0.39, 0.29) is 36.8 Å². The molecular weight excluding hydrogens is 789 g/mol. The second-order valence-corrected chi connectivity index (χ2v) is 15.5. The summed E-state index contributed by atoms with van der Waals surface area (Å²) in [5.74, 6) is -1.46. The standard InChI is InChI=1S/2C6H11NO2.3C6H13NO.C6H9NO.6C2H6/c7-6(5(8)9)3-1-2-4-6;7-5-3-1-2-4(5)6(8)9;7-6-3-1-2-5(6)4-8;7-6(5-8)3-1-2-4-6;2*7-5-6(8)3-1-2-4-6;6*1-2/h1-4,7H2,(H,8,9);4-5H,1-3,7H2,(H,8,9);5-6,8H,1-4,7H2;2*8H,1-5,7H2;8H,1-4H2;6*1-2H3/t;4-,5-;5-,6+;;;;;;;;;/m.10........./s1. The summed E-state index contributed by atoms with van der Waals surface area (Å²) in [6.07, 6.45) is 21.1. The molecule has 0 bridgehead atoms. The molecule has 16 N–H and O–H groups in total. The van der Waals surface area contributed by atoms with Crippen LogP contribution in [-0.2, 0) is 9.59 Å². The van der Waals surface area contributed by atoms with Crippen molar-refractivity contribution in [3.8, 4) is 6.07 Å². The predicted octanol–water partition coefficient (Wildman–Crippen LogP) is 8.12. The smallest absolute Gasteiger partial charge is 0.323 e. The second kappa shape index (κ2) is 45.6. The number of nitriles is 1. The quantitative estimate of drug-likeness (QED) is 0.116. The molecule has 0 saturated heterocycles. The van der Waals surface area contributed by atoms with Gasteiger partial charge in [0, 0.05) is 30.8 Å². The fourth-order valence-corrected chi connectivity index (χ4v) is 7.35. The minimum absolute atomic E-state index is 0.0949. The zero-order valence-electron chi connectivity index (χ0n) is 42.3. The number of hydrogen-bond acceptors (Lipinski definition) is 12. The molecule has 0 aromatic carbocycles. The maximum absolute atomic E-state index is 10.4. The van der Waals surface area contributed by atoms with Crippen molar-refractivity contribution in [3.63, 3.8) is 0 Å². The van der Waals surface area contributed by atoms with Crippen molar-refractivity contribution in [2.75, 3.05) is 19.8 Å². The van der Waals surface area contributed by atoms with Crippen LogP contribution >= 0.6 is 0 Å². The van der Waals surface area contributed by atoms with E-state index in [0.717, 1.165) is 96.3 Å². The number of nitrogens with zero attached hydrogens (tertiary/aromatic N) is 1. The summed E-state index contributed by atoms with van der Waals surface area (Å²) in [4.78, 5) is 20.7. The van der Waals surface area contributed by atoms with Crippen LogP contribution in [0.3, 0.4) is 0 Å². The molecule has 4 atom stereocenters. The van der Waals surface area contributed by atoms with E-state index < -0.39 is 28.7 Å². The van der Waals surface area contributed by atoms with Crippen molar-refractivity contribution in [2.45, 2.75) is 259 Å². The Hall–Kier alpha value is -1.93. The molecule has 14 heteroatoms. The van der Waals surface area contributed by atoms with Crippen LogP contribution in [0.1, 0.15) is 224 Å². The molecule has 62 heavy (non-hydrogen) atoms. The number of carboxylic acid groups (broad SMARTS) is 2. The van der Waals surface area contributed by atoms with E-state index >= 15 is 0 Å². The first-order chi connectivity index (χ1) is 29.5. The molecule has 6 rings (SSSR count). The zero-order chi connectivity index (χ0) is 49.8. The number of aliphatic hydroxyl groups is 4. The summed E-state index contributed by atoms with van der Waals surface area (Å²) in [6.45, 7) is 24.9. The zero-order valence-corrected chi connectivity index (χ0v) is 42.3. The fraction of sp³-hybridized carbons (Fsp3) is 0.938. The molecule has 0 radical (unpaired) electrons. The number of nitrogens with two attached hydrogens (primary N) is 5. The summed E-state index contributed by atoms with van der Waals surface area (Å²) < 4.78 is 0. The van der Waals surface area contributed by atoms with Gasteiger partial charge < -0.3 is 59.3 Å². The summed E-state index contributed by atoms with van der Waals surface area (Å²) in [5, 5.41) is 61.2. The lowest BCUT2D eigenvalue weighted by molar-refractivity contribution is -0.143. The number of carbonyl (C=O) groups is 2. The van der Waals surface area contributed by atoms with Crippen LogP contribution in [0.5, 0.6) is 0 Å². The summed E-state index contributed by atoms with van der Waals surface area (Å²) in [5.41, 5.74) is 25.1. The molecule has 0 aromatic rings. The maximum atomic E-state index is 10.4. The minimum Gasteiger partial charge on any atom is -0.481 e. The topological polar surface area (TPSA) is 309 Å². The van der Waals surface area contributed by atoms with Crippen molar-refractivity contribution in [3.05, 3.63) is 0 Å². The molecule has 376 valence electrons. The van der Waals surface area contributed by atoms with E-state index in [1.54, 1.807) is 0 Å². The number of carboxylic acids is 2. The Morgan fingerprint density at radius 2 is 0.952 bits per heavy atom. The Morgan fingerprint density at radius 1 is 0.581 bits per heavy atom. The van der Waals surface area contributed by atoms with Crippen LogP contribution < -0.4 is 28.7 Å². The Labute approximate surface area is 381 Å². The first-order valence-corrected chi connectivity index (χ1v) is 24.8. The third-order valence-corrected chi connectivity index (χ3v) is 11.2. The van der Waals surface area contributed by atoms with Gasteiger partial charge >= 0.3 is 11.9 Å². The highest BCUT2D eigenvalue weighted by Crippen LogP contribution is 2.29. The molecule has 6 aliphatic carbocycles. The molecule has 0 aromatic heterocycles.